The van der Waals surface area contributed by atoms with Crippen molar-refractivity contribution in [2.24, 2.45) is 0 Å². The lowest BCUT2D eigenvalue weighted by molar-refractivity contribution is -0.119. The number of nitrogens with one attached hydrogen (secondary N) is 2. The maximum Gasteiger partial charge on any atom is 0.274 e. The van der Waals surface area contributed by atoms with Crippen LogP contribution in [0.2, 0.25) is 0 Å². The summed E-state index contributed by atoms with van der Waals surface area (Å²) < 4.78 is 14.2. The molecule has 10 heteroatoms. The maximum atomic E-state index is 13.5. The number of carbonyl (C=O) groups excluding carboxylic acids is 2. The quantitative estimate of drug-likeness (QED) is 0.604. The number of nitrogens with zero attached hydrogens (tertiary/aromatic N) is 4. The standard InChI is InChI=1S/C20H21FN6O2S.C2H6/c1-11(13-7-14(21)9-22-8-13)23-20-25-16-4-6-30-18(16)17(26-20)19(29)27-5-3-15(10-27)24-12(2)28;1-2/h4,6-9,11,15H,3,5,10H2,1-2H3,(H,24,28)(H,23,25,26);1-2H3/t11?,15-;/m1./s1. The van der Waals surface area contributed by atoms with E-state index in [0.29, 0.717) is 46.9 Å². The van der Waals surface area contributed by atoms with Gasteiger partial charge in [-0.1, -0.05) is 13.8 Å². The SMILES string of the molecule is CC.CC(=O)N[C@@H]1CCN(C(=O)c2nc(NC(C)c3cncc(F)c3)nc3ccsc23)C1. The van der Waals surface area contributed by atoms with E-state index in [0.717, 1.165) is 6.20 Å². The number of anilines is 1. The number of rotatable bonds is 5. The van der Waals surface area contributed by atoms with E-state index in [1.54, 1.807) is 11.1 Å². The van der Waals surface area contributed by atoms with E-state index >= 15 is 0 Å². The Balaban J connectivity index is 0.00000141. The third-order valence-electron chi connectivity index (χ3n) is 4.96. The van der Waals surface area contributed by atoms with Gasteiger partial charge < -0.3 is 15.5 Å². The molecular weight excluding hydrogens is 431 g/mol. The van der Waals surface area contributed by atoms with Gasteiger partial charge in [0.15, 0.2) is 5.69 Å². The van der Waals surface area contributed by atoms with E-state index in [2.05, 4.69) is 25.6 Å². The molecule has 8 nitrogen and oxygen atoms in total. The second-order valence-corrected chi connectivity index (χ2v) is 8.19. The summed E-state index contributed by atoms with van der Waals surface area (Å²) in [5, 5.41) is 7.86. The molecule has 0 aliphatic carbocycles. The van der Waals surface area contributed by atoms with Crippen molar-refractivity contribution in [2.45, 2.75) is 46.2 Å². The van der Waals surface area contributed by atoms with Crippen LogP contribution in [0.5, 0.6) is 0 Å². The third kappa shape index (κ3) is 5.37. The molecule has 1 saturated heterocycles. The highest BCUT2D eigenvalue weighted by Gasteiger charge is 2.30. The Hall–Kier alpha value is -3.14. The van der Waals surface area contributed by atoms with E-state index in [1.165, 1.54) is 24.3 Å². The normalized spacial score (nSPS) is 16.3. The summed E-state index contributed by atoms with van der Waals surface area (Å²) in [5.41, 5.74) is 1.64. The second kappa shape index (κ2) is 10.4. The van der Waals surface area contributed by atoms with Crippen LogP contribution in [0.25, 0.3) is 10.2 Å². The average molecular weight is 459 g/mol. The van der Waals surface area contributed by atoms with Gasteiger partial charge in [0.05, 0.1) is 22.5 Å². The van der Waals surface area contributed by atoms with Crippen LogP contribution < -0.4 is 10.6 Å². The topological polar surface area (TPSA) is 100 Å². The number of amides is 2. The molecule has 170 valence electrons. The summed E-state index contributed by atoms with van der Waals surface area (Å²) in [4.78, 5) is 39.0. The number of pyridine rings is 1. The maximum absolute atomic E-state index is 13.5. The molecule has 3 aromatic rings. The van der Waals surface area contributed by atoms with Gasteiger partial charge in [0.1, 0.15) is 5.82 Å². The van der Waals surface area contributed by atoms with Gasteiger partial charge in [-0.05, 0) is 36.4 Å². The zero-order valence-corrected chi connectivity index (χ0v) is 19.4. The van der Waals surface area contributed by atoms with Gasteiger partial charge in [0.25, 0.3) is 5.91 Å². The smallest absolute Gasteiger partial charge is 0.274 e. The van der Waals surface area contributed by atoms with Gasteiger partial charge in [-0.3, -0.25) is 14.6 Å². The number of thiophene rings is 1. The molecule has 2 atom stereocenters. The first-order chi connectivity index (χ1) is 15.4. The molecule has 0 spiro atoms. The van der Waals surface area contributed by atoms with Crippen molar-refractivity contribution < 1.29 is 14.0 Å². The summed E-state index contributed by atoms with van der Waals surface area (Å²) in [6.07, 6.45) is 3.42. The van der Waals surface area contributed by atoms with Crippen LogP contribution in [-0.4, -0.2) is 50.8 Å². The molecule has 4 heterocycles. The minimum atomic E-state index is -0.422. The zero-order chi connectivity index (χ0) is 23.3. The summed E-state index contributed by atoms with van der Waals surface area (Å²) >= 11 is 1.41. The molecular formula is C22H27FN6O2S. The number of carbonyl (C=O) groups is 2. The molecule has 1 fully saturated rings. The lowest BCUT2D eigenvalue weighted by atomic mass is 10.1. The molecule has 1 aliphatic heterocycles. The highest BCUT2D eigenvalue weighted by Crippen LogP contribution is 2.27. The van der Waals surface area contributed by atoms with Gasteiger partial charge in [0, 0.05) is 32.3 Å². The number of hydrogen-bond acceptors (Lipinski definition) is 7. The van der Waals surface area contributed by atoms with Gasteiger partial charge in [-0.2, -0.15) is 0 Å². The highest BCUT2D eigenvalue weighted by molar-refractivity contribution is 7.17. The number of halogens is 1. The van der Waals surface area contributed by atoms with E-state index in [4.69, 9.17) is 0 Å². The summed E-state index contributed by atoms with van der Waals surface area (Å²) in [6.45, 7) is 8.31. The van der Waals surface area contributed by atoms with Crippen molar-refractivity contribution in [1.82, 2.24) is 25.2 Å². The molecule has 0 saturated carbocycles. The second-order valence-electron chi connectivity index (χ2n) is 7.27. The van der Waals surface area contributed by atoms with Crippen molar-refractivity contribution in [3.63, 3.8) is 0 Å². The minimum absolute atomic E-state index is 0.0507. The van der Waals surface area contributed by atoms with Crippen LogP contribution in [0.15, 0.2) is 29.9 Å². The largest absolute Gasteiger partial charge is 0.352 e. The fourth-order valence-electron chi connectivity index (χ4n) is 3.51. The zero-order valence-electron chi connectivity index (χ0n) is 18.6. The third-order valence-corrected chi connectivity index (χ3v) is 5.87. The fraction of sp³-hybridized carbons (Fsp3) is 0.409. The number of hydrogen-bond donors (Lipinski definition) is 2. The fourth-order valence-corrected chi connectivity index (χ4v) is 4.33. The van der Waals surface area contributed by atoms with Crippen molar-refractivity contribution in [1.29, 1.82) is 0 Å². The first-order valence-electron chi connectivity index (χ1n) is 10.6. The van der Waals surface area contributed by atoms with Gasteiger partial charge in [0.2, 0.25) is 11.9 Å². The number of likely N-dealkylation sites (tertiary alicyclic amines) is 1. The minimum Gasteiger partial charge on any atom is -0.352 e. The summed E-state index contributed by atoms with van der Waals surface area (Å²) in [6, 6.07) is 2.88. The number of aromatic nitrogens is 3. The lowest BCUT2D eigenvalue weighted by Crippen LogP contribution is -2.37. The molecule has 2 N–H and O–H groups in total. The number of fused-ring (bicyclic) bond motifs is 1. The Bertz CT molecular complexity index is 1100. The van der Waals surface area contributed by atoms with Crippen LogP contribution in [0.3, 0.4) is 0 Å². The Morgan fingerprint density at radius 1 is 1.28 bits per heavy atom. The Morgan fingerprint density at radius 2 is 2.06 bits per heavy atom. The van der Waals surface area contributed by atoms with Crippen LogP contribution in [0, 0.1) is 5.82 Å². The lowest BCUT2D eigenvalue weighted by Gasteiger charge is -2.18. The highest BCUT2D eigenvalue weighted by atomic mass is 32.1. The summed E-state index contributed by atoms with van der Waals surface area (Å²) in [5.74, 6) is -0.433. The monoisotopic (exact) mass is 458 g/mol. The van der Waals surface area contributed by atoms with Crippen molar-refractivity contribution in [3.8, 4) is 0 Å². The molecule has 2 amide bonds. The summed E-state index contributed by atoms with van der Waals surface area (Å²) in [7, 11) is 0. The first-order valence-corrected chi connectivity index (χ1v) is 11.5. The molecule has 3 aromatic heterocycles. The van der Waals surface area contributed by atoms with Gasteiger partial charge in [-0.15, -0.1) is 11.3 Å². The van der Waals surface area contributed by atoms with Gasteiger partial charge >= 0.3 is 0 Å². The van der Waals surface area contributed by atoms with Crippen molar-refractivity contribution >= 4 is 39.3 Å². The van der Waals surface area contributed by atoms with E-state index < -0.39 is 5.82 Å². The van der Waals surface area contributed by atoms with Crippen LogP contribution in [0.4, 0.5) is 10.3 Å². The molecule has 1 unspecified atom stereocenters. The van der Waals surface area contributed by atoms with E-state index in [9.17, 15) is 14.0 Å². The molecule has 0 aromatic carbocycles. The van der Waals surface area contributed by atoms with Gasteiger partial charge in [-0.25, -0.2) is 14.4 Å². The molecule has 1 aliphatic rings. The van der Waals surface area contributed by atoms with Crippen LogP contribution >= 0.6 is 11.3 Å². The average Bonchev–Trinajstić information content (AvgIpc) is 3.43. The Morgan fingerprint density at radius 3 is 2.78 bits per heavy atom. The van der Waals surface area contributed by atoms with Crippen LogP contribution in [-0.2, 0) is 4.79 Å². The van der Waals surface area contributed by atoms with E-state index in [-0.39, 0.29) is 23.9 Å². The van der Waals surface area contributed by atoms with Crippen molar-refractivity contribution in [3.05, 3.63) is 47.0 Å². The van der Waals surface area contributed by atoms with E-state index in [1.807, 2.05) is 32.2 Å². The predicted octanol–water partition coefficient (Wildman–Crippen LogP) is 3.78. The predicted molar refractivity (Wildman–Crippen MR) is 123 cm³/mol. The van der Waals surface area contributed by atoms with Crippen LogP contribution in [0.1, 0.15) is 56.2 Å². The molecule has 4 rings (SSSR count). The molecule has 0 radical (unpaired) electrons. The first kappa shape index (κ1) is 23.5. The van der Waals surface area contributed by atoms with Crippen molar-refractivity contribution in [2.75, 3.05) is 18.4 Å². The Labute approximate surface area is 190 Å². The molecule has 32 heavy (non-hydrogen) atoms. The Kier molecular flexibility index (Phi) is 7.68. The molecule has 0 bridgehead atoms.